The van der Waals surface area contributed by atoms with E-state index in [1.807, 2.05) is 11.6 Å². The van der Waals surface area contributed by atoms with Crippen molar-refractivity contribution in [2.45, 2.75) is 13.8 Å². The van der Waals surface area contributed by atoms with Crippen molar-refractivity contribution in [1.82, 2.24) is 4.57 Å². The van der Waals surface area contributed by atoms with Crippen LogP contribution in [0.3, 0.4) is 0 Å². The maximum atomic E-state index is 7.70. The highest BCUT2D eigenvalue weighted by molar-refractivity contribution is 7.16. The fraction of sp³-hybridized carbons (Fsp3) is 0.300. The summed E-state index contributed by atoms with van der Waals surface area (Å²) >= 11 is 1.54. The molecule has 68 valence electrons. The molecule has 0 fully saturated rings. The first-order valence-electron chi connectivity index (χ1n) is 4.21. The third-order valence-corrected chi connectivity index (χ3v) is 3.47. The predicted octanol–water partition coefficient (Wildman–Crippen LogP) is 2.34. The first-order valence-corrected chi connectivity index (χ1v) is 5.02. The highest BCUT2D eigenvalue weighted by atomic mass is 32.1. The van der Waals surface area contributed by atoms with Gasteiger partial charge in [-0.2, -0.15) is 0 Å². The van der Waals surface area contributed by atoms with Crippen molar-refractivity contribution < 1.29 is 0 Å². The lowest BCUT2D eigenvalue weighted by Gasteiger charge is -1.99. The third-order valence-electron chi connectivity index (χ3n) is 2.26. The van der Waals surface area contributed by atoms with Gasteiger partial charge in [0.25, 0.3) is 0 Å². The van der Waals surface area contributed by atoms with Crippen LogP contribution in [0.2, 0.25) is 0 Å². The van der Waals surface area contributed by atoms with Gasteiger partial charge >= 0.3 is 0 Å². The molecule has 0 atom stereocenters. The average Bonchev–Trinajstić information content (AvgIpc) is 2.32. The summed E-state index contributed by atoms with van der Waals surface area (Å²) in [6, 6.07) is 4.30. The number of hydrogen-bond donors (Lipinski definition) is 1. The second-order valence-electron chi connectivity index (χ2n) is 3.40. The number of benzene rings is 1. The van der Waals surface area contributed by atoms with E-state index in [0.29, 0.717) is 4.80 Å². The molecule has 0 unspecified atom stereocenters. The Balaban J connectivity index is 3.03. The van der Waals surface area contributed by atoms with Crippen LogP contribution in [-0.4, -0.2) is 4.57 Å². The van der Waals surface area contributed by atoms with E-state index in [1.54, 1.807) is 11.3 Å². The molecule has 0 radical (unpaired) electrons. The van der Waals surface area contributed by atoms with E-state index in [9.17, 15) is 0 Å². The van der Waals surface area contributed by atoms with Crippen LogP contribution in [0.1, 0.15) is 11.1 Å². The Kier molecular flexibility index (Phi) is 1.77. The zero-order valence-electron chi connectivity index (χ0n) is 8.01. The van der Waals surface area contributed by atoms with Crippen molar-refractivity contribution in [2.24, 2.45) is 7.05 Å². The van der Waals surface area contributed by atoms with Gasteiger partial charge in [-0.05, 0) is 31.0 Å². The Hall–Kier alpha value is -1.09. The molecule has 0 aliphatic rings. The molecule has 0 aliphatic carbocycles. The van der Waals surface area contributed by atoms with Crippen LogP contribution in [0.25, 0.3) is 10.2 Å². The molecule has 0 bridgehead atoms. The van der Waals surface area contributed by atoms with Crippen LogP contribution in [-0.2, 0) is 7.05 Å². The van der Waals surface area contributed by atoms with E-state index in [-0.39, 0.29) is 0 Å². The Morgan fingerprint density at radius 2 is 2.00 bits per heavy atom. The molecule has 2 rings (SSSR count). The maximum Gasteiger partial charge on any atom is 0.182 e. The molecule has 3 heteroatoms. The van der Waals surface area contributed by atoms with E-state index < -0.39 is 0 Å². The van der Waals surface area contributed by atoms with Gasteiger partial charge in [0.15, 0.2) is 4.80 Å². The van der Waals surface area contributed by atoms with Crippen molar-refractivity contribution in [3.63, 3.8) is 0 Å². The number of rotatable bonds is 0. The summed E-state index contributed by atoms with van der Waals surface area (Å²) in [5.74, 6) is 0. The fourth-order valence-electron chi connectivity index (χ4n) is 1.59. The van der Waals surface area contributed by atoms with Crippen LogP contribution < -0.4 is 4.80 Å². The lowest BCUT2D eigenvalue weighted by atomic mass is 10.1. The Morgan fingerprint density at radius 3 is 2.69 bits per heavy atom. The minimum Gasteiger partial charge on any atom is -0.320 e. The molecule has 0 saturated carbocycles. The predicted molar refractivity (Wildman–Crippen MR) is 56.1 cm³/mol. The van der Waals surface area contributed by atoms with Gasteiger partial charge in [-0.3, -0.25) is 5.41 Å². The van der Waals surface area contributed by atoms with Crippen LogP contribution in [0.4, 0.5) is 0 Å². The van der Waals surface area contributed by atoms with Crippen LogP contribution in [0.5, 0.6) is 0 Å². The standard InChI is InChI=1S/C10H12N2S/c1-6-4-7(2)9-8(5-6)12(3)10(11)13-9/h4-5,11H,1-3H3. The van der Waals surface area contributed by atoms with E-state index >= 15 is 0 Å². The number of aryl methyl sites for hydroxylation is 3. The molecular formula is C10H12N2S. The van der Waals surface area contributed by atoms with Crippen molar-refractivity contribution in [3.05, 3.63) is 28.1 Å². The zero-order chi connectivity index (χ0) is 9.59. The second-order valence-corrected chi connectivity index (χ2v) is 4.40. The largest absolute Gasteiger partial charge is 0.320 e. The number of aromatic nitrogens is 1. The molecule has 0 aliphatic heterocycles. The molecule has 1 heterocycles. The quantitative estimate of drug-likeness (QED) is 0.664. The normalized spacial score (nSPS) is 11.0. The van der Waals surface area contributed by atoms with Crippen LogP contribution >= 0.6 is 11.3 Å². The van der Waals surface area contributed by atoms with Gasteiger partial charge in [-0.25, -0.2) is 0 Å². The minimum atomic E-state index is 0.615. The SMILES string of the molecule is Cc1cc(C)c2sc(=N)n(C)c2c1. The summed E-state index contributed by atoms with van der Waals surface area (Å²) < 4.78 is 3.16. The van der Waals surface area contributed by atoms with Gasteiger partial charge in [0.1, 0.15) is 0 Å². The highest BCUT2D eigenvalue weighted by Crippen LogP contribution is 2.22. The smallest absolute Gasteiger partial charge is 0.182 e. The van der Waals surface area contributed by atoms with Gasteiger partial charge in [0.2, 0.25) is 0 Å². The molecule has 1 N–H and O–H groups in total. The molecule has 1 aromatic carbocycles. The highest BCUT2D eigenvalue weighted by Gasteiger charge is 2.04. The van der Waals surface area contributed by atoms with E-state index in [4.69, 9.17) is 5.41 Å². The molecular weight excluding hydrogens is 180 g/mol. The first-order chi connectivity index (χ1) is 6.09. The van der Waals surface area contributed by atoms with Crippen molar-refractivity contribution >= 4 is 21.6 Å². The van der Waals surface area contributed by atoms with E-state index in [0.717, 1.165) is 0 Å². The van der Waals surface area contributed by atoms with Crippen molar-refractivity contribution in [2.75, 3.05) is 0 Å². The van der Waals surface area contributed by atoms with Gasteiger partial charge < -0.3 is 4.57 Å². The van der Waals surface area contributed by atoms with E-state index in [2.05, 4.69) is 26.0 Å². The van der Waals surface area contributed by atoms with Crippen LogP contribution in [0.15, 0.2) is 12.1 Å². The Bertz CT molecular complexity index is 519. The minimum absolute atomic E-state index is 0.615. The molecule has 2 aromatic rings. The van der Waals surface area contributed by atoms with Crippen LogP contribution in [0, 0.1) is 19.3 Å². The summed E-state index contributed by atoms with van der Waals surface area (Å²) in [5.41, 5.74) is 3.71. The molecule has 0 saturated heterocycles. The monoisotopic (exact) mass is 192 g/mol. The molecule has 0 spiro atoms. The summed E-state index contributed by atoms with van der Waals surface area (Å²) in [6.07, 6.45) is 0. The molecule has 1 aromatic heterocycles. The van der Waals surface area contributed by atoms with Crippen molar-refractivity contribution in [3.8, 4) is 0 Å². The zero-order valence-corrected chi connectivity index (χ0v) is 8.83. The van der Waals surface area contributed by atoms with Gasteiger partial charge in [-0.1, -0.05) is 17.4 Å². The van der Waals surface area contributed by atoms with Crippen molar-refractivity contribution in [1.29, 1.82) is 5.41 Å². The summed E-state index contributed by atoms with van der Waals surface area (Å²) in [7, 11) is 1.94. The number of hydrogen-bond acceptors (Lipinski definition) is 2. The number of nitrogens with zero attached hydrogens (tertiary/aromatic N) is 1. The average molecular weight is 192 g/mol. The fourth-order valence-corrected chi connectivity index (χ4v) is 2.54. The molecule has 0 amide bonds. The number of fused-ring (bicyclic) bond motifs is 1. The van der Waals surface area contributed by atoms with Gasteiger partial charge in [-0.15, -0.1) is 0 Å². The maximum absolute atomic E-state index is 7.70. The van der Waals surface area contributed by atoms with Gasteiger partial charge in [0.05, 0.1) is 10.2 Å². The Labute approximate surface area is 81.0 Å². The van der Waals surface area contributed by atoms with Gasteiger partial charge in [0, 0.05) is 7.05 Å². The lowest BCUT2D eigenvalue weighted by molar-refractivity contribution is 0.893. The number of thiazole rings is 1. The lowest BCUT2D eigenvalue weighted by Crippen LogP contribution is -2.06. The number of nitrogens with one attached hydrogen (secondary N) is 1. The summed E-state index contributed by atoms with van der Waals surface area (Å²) in [5, 5.41) is 7.70. The Morgan fingerprint density at radius 1 is 1.31 bits per heavy atom. The van der Waals surface area contributed by atoms with E-state index in [1.165, 1.54) is 21.3 Å². The second kappa shape index (κ2) is 2.70. The third kappa shape index (κ3) is 1.20. The molecule has 2 nitrogen and oxygen atoms in total. The molecule has 13 heavy (non-hydrogen) atoms. The summed E-state index contributed by atoms with van der Waals surface area (Å²) in [4.78, 5) is 0.615. The first kappa shape index (κ1) is 8.51. The topological polar surface area (TPSA) is 28.8 Å². The summed E-state index contributed by atoms with van der Waals surface area (Å²) in [6.45, 7) is 4.19.